The minimum atomic E-state index is 0.0227. The van der Waals surface area contributed by atoms with Gasteiger partial charge < -0.3 is 5.32 Å². The molecule has 0 saturated carbocycles. The van der Waals surface area contributed by atoms with E-state index in [0.717, 1.165) is 13.8 Å². The highest BCUT2D eigenvalue weighted by molar-refractivity contribution is 14.1. The van der Waals surface area contributed by atoms with E-state index in [1.54, 1.807) is 11.3 Å². The van der Waals surface area contributed by atoms with Crippen molar-refractivity contribution >= 4 is 55.8 Å². The normalized spacial score (nSPS) is 14.7. The van der Waals surface area contributed by atoms with Crippen LogP contribution in [-0.2, 0) is 0 Å². The first-order chi connectivity index (χ1) is 7.04. The van der Waals surface area contributed by atoms with E-state index in [4.69, 9.17) is 0 Å². The summed E-state index contributed by atoms with van der Waals surface area (Å²) in [6.45, 7) is 4.14. The molecular weight excluding hydrogens is 389 g/mol. The summed E-state index contributed by atoms with van der Waals surface area (Å²) >= 11 is 7.23. The van der Waals surface area contributed by atoms with Gasteiger partial charge in [-0.1, -0.05) is 22.9 Å². The van der Waals surface area contributed by atoms with Crippen LogP contribution in [0.4, 0.5) is 0 Å². The van der Waals surface area contributed by atoms with Crippen molar-refractivity contribution < 1.29 is 4.79 Å². The first-order valence-corrected chi connectivity index (χ1v) is 7.73. The van der Waals surface area contributed by atoms with Crippen molar-refractivity contribution in [2.24, 2.45) is 5.92 Å². The summed E-state index contributed by atoms with van der Waals surface area (Å²) in [6, 6.07) is 2.10. The summed E-state index contributed by atoms with van der Waals surface area (Å²) < 4.78 is 1.14. The van der Waals surface area contributed by atoms with Crippen molar-refractivity contribution in [1.82, 2.24) is 5.32 Å². The van der Waals surface area contributed by atoms with Gasteiger partial charge in [0.05, 0.1) is 8.45 Å². The van der Waals surface area contributed by atoms with E-state index in [-0.39, 0.29) is 11.9 Å². The molecule has 2 nitrogen and oxygen atoms in total. The van der Waals surface area contributed by atoms with Gasteiger partial charge in [-0.15, -0.1) is 11.3 Å². The van der Waals surface area contributed by atoms with Gasteiger partial charge in [0.2, 0.25) is 0 Å². The predicted molar refractivity (Wildman–Crippen MR) is 76.9 cm³/mol. The van der Waals surface area contributed by atoms with Crippen LogP contribution in [-0.4, -0.2) is 17.3 Å². The molecule has 0 saturated heterocycles. The van der Waals surface area contributed by atoms with Crippen molar-refractivity contribution in [1.29, 1.82) is 0 Å². The smallest absolute Gasteiger partial charge is 0.252 e. The van der Waals surface area contributed by atoms with Gasteiger partial charge in [0.25, 0.3) is 5.91 Å². The number of hydrogen-bond donors (Lipinski definition) is 1. The number of hydrogen-bond acceptors (Lipinski definition) is 2. The molecule has 84 valence electrons. The Bertz CT molecular complexity index is 342. The van der Waals surface area contributed by atoms with E-state index in [9.17, 15) is 4.79 Å². The van der Waals surface area contributed by atoms with E-state index in [1.807, 2.05) is 18.4 Å². The molecule has 0 bridgehead atoms. The van der Waals surface area contributed by atoms with Gasteiger partial charge in [0.15, 0.2) is 0 Å². The Hall–Kier alpha value is 0.380. The lowest BCUT2D eigenvalue weighted by Crippen LogP contribution is -2.37. The molecule has 15 heavy (non-hydrogen) atoms. The third-order valence-electron chi connectivity index (χ3n) is 2.29. The highest BCUT2D eigenvalue weighted by atomic mass is 127. The molecule has 1 aromatic heterocycles. The summed E-state index contributed by atoms with van der Waals surface area (Å²) in [7, 11) is 0. The number of carbonyl (C=O) groups is 1. The highest BCUT2D eigenvalue weighted by Gasteiger charge is 2.15. The maximum Gasteiger partial charge on any atom is 0.252 e. The second kappa shape index (κ2) is 6.20. The van der Waals surface area contributed by atoms with E-state index in [1.165, 1.54) is 0 Å². The lowest BCUT2D eigenvalue weighted by atomic mass is 10.1. The fourth-order valence-electron chi connectivity index (χ4n) is 0.995. The first-order valence-electron chi connectivity index (χ1n) is 4.65. The number of thiophene rings is 1. The van der Waals surface area contributed by atoms with Crippen molar-refractivity contribution in [2.75, 3.05) is 5.33 Å². The van der Waals surface area contributed by atoms with Crippen molar-refractivity contribution in [3.8, 4) is 0 Å². The number of alkyl halides is 1. The molecule has 5 heteroatoms. The molecular formula is C10H13BrINOS. The maximum absolute atomic E-state index is 11.8. The van der Waals surface area contributed by atoms with E-state index in [0.29, 0.717) is 5.92 Å². The molecule has 1 aromatic rings. The molecule has 0 aliphatic rings. The summed E-state index contributed by atoms with van der Waals surface area (Å²) in [5.41, 5.74) is 0.762. The molecule has 1 rings (SSSR count). The molecule has 0 aromatic carbocycles. The highest BCUT2D eigenvalue weighted by Crippen LogP contribution is 2.17. The summed E-state index contributed by atoms with van der Waals surface area (Å²) in [4.78, 5) is 11.8. The number of rotatable bonds is 4. The van der Waals surface area contributed by atoms with Crippen LogP contribution in [0.2, 0.25) is 0 Å². The largest absolute Gasteiger partial charge is 0.349 e. The average Bonchev–Trinajstić information content (AvgIpc) is 2.63. The fourth-order valence-corrected chi connectivity index (χ4v) is 2.88. The van der Waals surface area contributed by atoms with Gasteiger partial charge in [-0.25, -0.2) is 0 Å². The number of amides is 1. The van der Waals surface area contributed by atoms with E-state index >= 15 is 0 Å². The van der Waals surface area contributed by atoms with Crippen LogP contribution in [0.15, 0.2) is 11.4 Å². The Morgan fingerprint density at radius 3 is 2.80 bits per heavy atom. The molecule has 1 amide bonds. The Labute approximate surface area is 116 Å². The molecule has 0 aliphatic heterocycles. The minimum Gasteiger partial charge on any atom is -0.349 e. The second-order valence-electron chi connectivity index (χ2n) is 3.53. The van der Waals surface area contributed by atoms with Crippen molar-refractivity contribution in [3.63, 3.8) is 0 Å². The Balaban J connectivity index is 2.56. The predicted octanol–water partition coefficient (Wildman–Crippen LogP) is 3.50. The molecule has 0 aliphatic carbocycles. The molecule has 2 unspecified atom stereocenters. The van der Waals surface area contributed by atoms with Crippen LogP contribution in [0.3, 0.4) is 0 Å². The molecule has 2 atom stereocenters. The quantitative estimate of drug-likeness (QED) is 0.607. The Morgan fingerprint density at radius 1 is 1.67 bits per heavy atom. The average molecular weight is 402 g/mol. The fraction of sp³-hybridized carbons (Fsp3) is 0.500. The number of nitrogens with one attached hydrogen (secondary N) is 1. The van der Waals surface area contributed by atoms with Crippen LogP contribution >= 0.6 is 49.9 Å². The number of halogens is 2. The number of carbonyl (C=O) groups excluding carboxylic acids is 1. The van der Waals surface area contributed by atoms with E-state index < -0.39 is 0 Å². The third-order valence-corrected chi connectivity index (χ3v) is 5.10. The molecule has 0 fully saturated rings. The maximum atomic E-state index is 11.8. The lowest BCUT2D eigenvalue weighted by molar-refractivity contribution is 0.0931. The minimum absolute atomic E-state index is 0.0227. The Morgan fingerprint density at radius 2 is 2.33 bits per heavy atom. The monoisotopic (exact) mass is 401 g/mol. The summed E-state index contributed by atoms with van der Waals surface area (Å²) in [5, 5.41) is 5.78. The Kier molecular flexibility index (Phi) is 5.56. The molecule has 0 radical (unpaired) electrons. The van der Waals surface area contributed by atoms with Crippen molar-refractivity contribution in [2.45, 2.75) is 19.9 Å². The zero-order chi connectivity index (χ0) is 11.4. The van der Waals surface area contributed by atoms with Crippen LogP contribution in [0.25, 0.3) is 0 Å². The molecule has 1 N–H and O–H groups in total. The summed E-state index contributed by atoms with van der Waals surface area (Å²) in [5.74, 6) is 0.459. The van der Waals surface area contributed by atoms with Gasteiger partial charge in [0, 0.05) is 16.8 Å². The zero-order valence-corrected chi connectivity index (χ0v) is 13.1. The van der Waals surface area contributed by atoms with E-state index in [2.05, 4.69) is 50.8 Å². The third kappa shape index (κ3) is 4.03. The summed E-state index contributed by atoms with van der Waals surface area (Å²) in [6.07, 6.45) is 0. The van der Waals surface area contributed by atoms with Crippen LogP contribution in [0, 0.1) is 8.80 Å². The topological polar surface area (TPSA) is 29.1 Å². The van der Waals surface area contributed by atoms with Crippen molar-refractivity contribution in [3.05, 3.63) is 19.9 Å². The standard InChI is InChI=1S/C10H13BrINOS/c1-6(4-11)7(2)13-10(14)8-3-9(12)15-5-8/h3,5-7H,4H2,1-2H3,(H,13,14). The SMILES string of the molecule is CC(CBr)C(C)NC(=O)c1csc(I)c1. The van der Waals surface area contributed by atoms with Gasteiger partial charge in [-0.05, 0) is 41.5 Å². The second-order valence-corrected chi connectivity index (χ2v) is 6.99. The van der Waals surface area contributed by atoms with Gasteiger partial charge >= 0.3 is 0 Å². The lowest BCUT2D eigenvalue weighted by Gasteiger charge is -2.18. The van der Waals surface area contributed by atoms with Crippen LogP contribution in [0.1, 0.15) is 24.2 Å². The van der Waals surface area contributed by atoms with Crippen LogP contribution in [0.5, 0.6) is 0 Å². The van der Waals surface area contributed by atoms with Gasteiger partial charge in [-0.3, -0.25) is 4.79 Å². The van der Waals surface area contributed by atoms with Gasteiger partial charge in [0.1, 0.15) is 0 Å². The zero-order valence-electron chi connectivity index (χ0n) is 8.59. The molecule has 1 heterocycles. The molecule has 0 spiro atoms. The van der Waals surface area contributed by atoms with Crippen LogP contribution < -0.4 is 5.32 Å². The van der Waals surface area contributed by atoms with Gasteiger partial charge in [-0.2, -0.15) is 0 Å². The first kappa shape index (κ1) is 13.4.